The number of hydrogen-bond acceptors (Lipinski definition) is 3. The summed E-state index contributed by atoms with van der Waals surface area (Å²) in [5, 5.41) is 10.2. The number of rotatable bonds is 3. The van der Waals surface area contributed by atoms with Gasteiger partial charge in [0.25, 0.3) is 0 Å². The Labute approximate surface area is 89.4 Å². The maximum absolute atomic E-state index is 11.7. The highest BCUT2D eigenvalue weighted by Crippen LogP contribution is 2.43. The van der Waals surface area contributed by atoms with Crippen molar-refractivity contribution in [3.8, 4) is 0 Å². The number of carbonyl (C=O) groups is 1. The van der Waals surface area contributed by atoms with Gasteiger partial charge in [-0.2, -0.15) is 0 Å². The molecule has 0 amide bonds. The number of hydrogen-bond donors (Lipinski definition) is 1. The molecule has 3 unspecified atom stereocenters. The number of esters is 1. The van der Waals surface area contributed by atoms with Gasteiger partial charge in [-0.3, -0.25) is 4.79 Å². The second-order valence-corrected chi connectivity index (χ2v) is 4.36. The number of aliphatic hydroxyl groups is 1. The molecule has 3 atom stereocenters. The zero-order chi connectivity index (χ0) is 10.9. The van der Waals surface area contributed by atoms with Gasteiger partial charge < -0.3 is 9.84 Å². The minimum absolute atomic E-state index is 0.222. The molecule has 3 rings (SSSR count). The van der Waals surface area contributed by atoms with Gasteiger partial charge in [0.15, 0.2) is 0 Å². The normalized spacial score (nSPS) is 37.7. The summed E-state index contributed by atoms with van der Waals surface area (Å²) in [6, 6.07) is 0. The van der Waals surface area contributed by atoms with E-state index < -0.39 is 5.60 Å². The Balaban J connectivity index is 2.07. The van der Waals surface area contributed by atoms with E-state index in [1.54, 1.807) is 12.2 Å². The van der Waals surface area contributed by atoms with Crippen molar-refractivity contribution in [1.82, 2.24) is 0 Å². The van der Waals surface area contributed by atoms with Crippen molar-refractivity contribution in [2.24, 2.45) is 11.8 Å². The molecule has 3 nitrogen and oxygen atoms in total. The van der Waals surface area contributed by atoms with Gasteiger partial charge in [0.1, 0.15) is 6.61 Å². The Morgan fingerprint density at radius 3 is 3.07 bits per heavy atom. The maximum atomic E-state index is 11.7. The highest BCUT2D eigenvalue weighted by atomic mass is 16.5. The van der Waals surface area contributed by atoms with Crippen molar-refractivity contribution >= 4 is 5.97 Å². The summed E-state index contributed by atoms with van der Waals surface area (Å²) in [6.07, 6.45) is 7.67. The smallest absolute Gasteiger partial charge is 0.312 e. The van der Waals surface area contributed by atoms with E-state index in [0.717, 1.165) is 6.42 Å². The number of ether oxygens (including phenoxy) is 1. The average Bonchev–Trinajstić information content (AvgIpc) is 2.26. The van der Waals surface area contributed by atoms with Crippen LogP contribution in [0.3, 0.4) is 0 Å². The predicted octanol–water partition coefficient (Wildman–Crippen LogP) is 1.43. The summed E-state index contributed by atoms with van der Waals surface area (Å²) < 4.78 is 5.00. The van der Waals surface area contributed by atoms with E-state index in [1.807, 2.05) is 6.08 Å². The van der Waals surface area contributed by atoms with Gasteiger partial charge in [-0.1, -0.05) is 24.8 Å². The molecule has 0 saturated heterocycles. The second kappa shape index (κ2) is 3.81. The molecule has 0 aromatic heterocycles. The van der Waals surface area contributed by atoms with Crippen LogP contribution >= 0.6 is 0 Å². The Bertz CT molecular complexity index is 308. The molecule has 3 aliphatic carbocycles. The molecule has 1 saturated carbocycles. The van der Waals surface area contributed by atoms with Gasteiger partial charge in [0.2, 0.25) is 0 Å². The number of allylic oxidation sites excluding steroid dienone is 1. The van der Waals surface area contributed by atoms with Crippen LogP contribution in [0.5, 0.6) is 0 Å². The van der Waals surface area contributed by atoms with Crippen molar-refractivity contribution < 1.29 is 14.6 Å². The van der Waals surface area contributed by atoms with Gasteiger partial charge in [0.05, 0.1) is 11.5 Å². The quantitative estimate of drug-likeness (QED) is 0.564. The number of carbonyl (C=O) groups excluding carboxylic acids is 1. The first-order valence-electron chi connectivity index (χ1n) is 5.35. The Morgan fingerprint density at radius 1 is 1.73 bits per heavy atom. The summed E-state index contributed by atoms with van der Waals surface area (Å²) in [7, 11) is 0. The molecule has 0 aromatic rings. The summed E-state index contributed by atoms with van der Waals surface area (Å²) in [5.74, 6) is -0.257. The Kier molecular flexibility index (Phi) is 2.65. The second-order valence-electron chi connectivity index (χ2n) is 4.36. The van der Waals surface area contributed by atoms with Crippen molar-refractivity contribution in [2.75, 3.05) is 6.61 Å². The third-order valence-electron chi connectivity index (χ3n) is 3.34. The summed E-state index contributed by atoms with van der Waals surface area (Å²) in [5.41, 5.74) is -0.965. The van der Waals surface area contributed by atoms with Gasteiger partial charge in [-0.05, 0) is 25.2 Å². The molecular weight excluding hydrogens is 192 g/mol. The fourth-order valence-corrected chi connectivity index (χ4v) is 2.43. The van der Waals surface area contributed by atoms with Crippen LogP contribution < -0.4 is 0 Å². The van der Waals surface area contributed by atoms with Gasteiger partial charge in [-0.15, -0.1) is 0 Å². The monoisotopic (exact) mass is 208 g/mol. The minimum Gasteiger partial charge on any atom is -0.461 e. The van der Waals surface area contributed by atoms with E-state index in [-0.39, 0.29) is 18.5 Å². The zero-order valence-electron chi connectivity index (χ0n) is 8.69. The van der Waals surface area contributed by atoms with Crippen LogP contribution in [0.25, 0.3) is 0 Å². The van der Waals surface area contributed by atoms with E-state index >= 15 is 0 Å². The molecule has 0 radical (unpaired) electrons. The van der Waals surface area contributed by atoms with Crippen LogP contribution in [0.2, 0.25) is 0 Å². The van der Waals surface area contributed by atoms with Gasteiger partial charge in [-0.25, -0.2) is 0 Å². The third-order valence-corrected chi connectivity index (χ3v) is 3.34. The van der Waals surface area contributed by atoms with Crippen molar-refractivity contribution in [2.45, 2.75) is 24.9 Å². The predicted molar refractivity (Wildman–Crippen MR) is 56.1 cm³/mol. The molecule has 2 bridgehead atoms. The molecular formula is C12H16O3. The van der Waals surface area contributed by atoms with Crippen LogP contribution in [0, 0.1) is 11.8 Å². The lowest BCUT2D eigenvalue weighted by atomic mass is 9.66. The fourth-order valence-electron chi connectivity index (χ4n) is 2.43. The van der Waals surface area contributed by atoms with Crippen molar-refractivity contribution in [3.63, 3.8) is 0 Å². The zero-order valence-corrected chi connectivity index (χ0v) is 8.69. The average molecular weight is 208 g/mol. The molecule has 15 heavy (non-hydrogen) atoms. The molecule has 0 heterocycles. The maximum Gasteiger partial charge on any atom is 0.312 e. The standard InChI is InChI=1S/C12H16O3/c1-2-7-15-11(13)10-8-9-3-5-12(10,14)6-4-9/h2-3,5,9-10,14H,1,4,6-8H2. The Morgan fingerprint density at radius 2 is 2.53 bits per heavy atom. The first-order valence-corrected chi connectivity index (χ1v) is 5.35. The lowest BCUT2D eigenvalue weighted by molar-refractivity contribution is -0.159. The van der Waals surface area contributed by atoms with E-state index in [0.29, 0.717) is 18.8 Å². The van der Waals surface area contributed by atoms with E-state index in [9.17, 15) is 9.90 Å². The molecule has 0 aromatic carbocycles. The summed E-state index contributed by atoms with van der Waals surface area (Å²) in [4.78, 5) is 11.7. The molecule has 0 spiro atoms. The topological polar surface area (TPSA) is 46.5 Å². The SMILES string of the molecule is C=CCOC(=O)C1CC2C=CC1(O)CC2. The lowest BCUT2D eigenvalue weighted by Gasteiger charge is -2.43. The van der Waals surface area contributed by atoms with Crippen molar-refractivity contribution in [1.29, 1.82) is 0 Å². The molecule has 3 aliphatic rings. The van der Waals surface area contributed by atoms with E-state index in [4.69, 9.17) is 4.74 Å². The first kappa shape index (κ1) is 10.4. The van der Waals surface area contributed by atoms with Crippen LogP contribution in [-0.4, -0.2) is 23.3 Å². The van der Waals surface area contributed by atoms with Crippen LogP contribution in [0.4, 0.5) is 0 Å². The third kappa shape index (κ3) is 1.84. The van der Waals surface area contributed by atoms with Crippen LogP contribution in [-0.2, 0) is 9.53 Å². The lowest BCUT2D eigenvalue weighted by Crippen LogP contribution is -2.48. The molecule has 82 valence electrons. The fraction of sp³-hybridized carbons (Fsp3) is 0.583. The highest BCUT2D eigenvalue weighted by molar-refractivity contribution is 5.75. The highest BCUT2D eigenvalue weighted by Gasteiger charge is 2.47. The molecule has 1 fully saturated rings. The van der Waals surface area contributed by atoms with E-state index in [1.165, 1.54) is 0 Å². The van der Waals surface area contributed by atoms with E-state index in [2.05, 4.69) is 6.58 Å². The van der Waals surface area contributed by atoms with Gasteiger partial charge >= 0.3 is 5.97 Å². The first-order chi connectivity index (χ1) is 7.15. The molecule has 1 N–H and O–H groups in total. The summed E-state index contributed by atoms with van der Waals surface area (Å²) >= 11 is 0. The number of fused-ring (bicyclic) bond motifs is 2. The van der Waals surface area contributed by atoms with Gasteiger partial charge in [0, 0.05) is 0 Å². The molecule has 0 aliphatic heterocycles. The minimum atomic E-state index is -0.965. The Hall–Kier alpha value is -1.09. The van der Waals surface area contributed by atoms with Crippen LogP contribution in [0.15, 0.2) is 24.8 Å². The molecule has 3 heteroatoms. The van der Waals surface area contributed by atoms with Crippen LogP contribution in [0.1, 0.15) is 19.3 Å². The largest absolute Gasteiger partial charge is 0.461 e. The summed E-state index contributed by atoms with van der Waals surface area (Å²) in [6.45, 7) is 3.71. The van der Waals surface area contributed by atoms with Crippen molar-refractivity contribution in [3.05, 3.63) is 24.8 Å².